The molecule has 116 valence electrons. The van der Waals surface area contributed by atoms with Gasteiger partial charge in [-0.3, -0.25) is 0 Å². The molecule has 1 aliphatic rings. The van der Waals surface area contributed by atoms with E-state index in [9.17, 15) is 4.79 Å². The maximum Gasteiger partial charge on any atom is 0.410 e. The molecule has 0 saturated carbocycles. The second-order valence-electron chi connectivity index (χ2n) is 7.24. The van der Waals surface area contributed by atoms with Crippen molar-refractivity contribution in [2.24, 2.45) is 11.3 Å². The van der Waals surface area contributed by atoms with Gasteiger partial charge in [-0.05, 0) is 36.2 Å². The monoisotopic (exact) mass is 289 g/mol. The van der Waals surface area contributed by atoms with E-state index in [0.29, 0.717) is 12.0 Å². The molecule has 21 heavy (non-hydrogen) atoms. The summed E-state index contributed by atoms with van der Waals surface area (Å²) in [4.78, 5) is 13.9. The van der Waals surface area contributed by atoms with Crippen molar-refractivity contribution >= 4 is 6.09 Å². The first-order chi connectivity index (χ1) is 9.94. The van der Waals surface area contributed by atoms with Crippen molar-refractivity contribution in [1.29, 1.82) is 0 Å². The summed E-state index contributed by atoms with van der Waals surface area (Å²) >= 11 is 0. The Morgan fingerprint density at radius 1 is 1.19 bits per heavy atom. The fraction of sp³-hybridized carbons (Fsp3) is 0.611. The second kappa shape index (κ2) is 6.97. The van der Waals surface area contributed by atoms with Gasteiger partial charge in [-0.1, -0.05) is 51.1 Å². The van der Waals surface area contributed by atoms with Gasteiger partial charge in [-0.15, -0.1) is 0 Å². The van der Waals surface area contributed by atoms with Gasteiger partial charge >= 0.3 is 6.09 Å². The summed E-state index contributed by atoms with van der Waals surface area (Å²) in [6, 6.07) is 9.83. The number of benzene rings is 1. The molecule has 1 fully saturated rings. The van der Waals surface area contributed by atoms with Crippen molar-refractivity contribution in [2.75, 3.05) is 13.1 Å². The van der Waals surface area contributed by atoms with Crippen LogP contribution in [-0.4, -0.2) is 24.1 Å². The summed E-state index contributed by atoms with van der Waals surface area (Å²) in [5.41, 5.74) is 1.41. The number of rotatable bonds is 3. The third-order valence-corrected chi connectivity index (χ3v) is 3.98. The maximum atomic E-state index is 12.1. The lowest BCUT2D eigenvalue weighted by Gasteiger charge is -2.34. The summed E-state index contributed by atoms with van der Waals surface area (Å²) in [5, 5.41) is 0. The Morgan fingerprint density at radius 3 is 2.38 bits per heavy atom. The predicted molar refractivity (Wildman–Crippen MR) is 85.0 cm³/mol. The molecule has 1 aromatic carbocycles. The average Bonchev–Trinajstić information content (AvgIpc) is 2.45. The number of carbonyl (C=O) groups excluding carboxylic acids is 1. The molecular weight excluding hydrogens is 262 g/mol. The molecule has 3 heteroatoms. The lowest BCUT2D eigenvalue weighted by atomic mass is 9.80. The Morgan fingerprint density at radius 2 is 1.81 bits per heavy atom. The first-order valence-corrected chi connectivity index (χ1v) is 7.90. The molecule has 0 N–H and O–H groups in total. The number of nitrogens with zero attached hydrogens (tertiary/aromatic N) is 1. The topological polar surface area (TPSA) is 29.5 Å². The van der Waals surface area contributed by atoms with E-state index < -0.39 is 0 Å². The number of hydrogen-bond acceptors (Lipinski definition) is 2. The standard InChI is InChI=1S/C18H27NO2/c1-18(2,3)13-15-9-11-19(12-10-15)17(20)21-14-16-7-5-4-6-8-16/h4-8,15H,9-14H2,1-3H3. The Hall–Kier alpha value is -1.51. The van der Waals surface area contributed by atoms with Gasteiger partial charge in [0.25, 0.3) is 0 Å². The van der Waals surface area contributed by atoms with Gasteiger partial charge in [-0.25, -0.2) is 4.79 Å². The van der Waals surface area contributed by atoms with E-state index in [-0.39, 0.29) is 6.09 Å². The number of piperidine rings is 1. The molecule has 0 atom stereocenters. The molecular formula is C18H27NO2. The third-order valence-electron chi connectivity index (χ3n) is 3.98. The van der Waals surface area contributed by atoms with Crippen molar-refractivity contribution in [3.8, 4) is 0 Å². The van der Waals surface area contributed by atoms with Gasteiger partial charge in [0.15, 0.2) is 0 Å². The zero-order valence-corrected chi connectivity index (χ0v) is 13.5. The largest absolute Gasteiger partial charge is 0.445 e. The van der Waals surface area contributed by atoms with Crippen LogP contribution in [0.2, 0.25) is 0 Å². The van der Waals surface area contributed by atoms with Gasteiger partial charge in [0, 0.05) is 13.1 Å². The highest BCUT2D eigenvalue weighted by atomic mass is 16.6. The molecule has 1 amide bonds. The number of likely N-dealkylation sites (tertiary alicyclic amines) is 1. The molecule has 1 heterocycles. The van der Waals surface area contributed by atoms with Crippen LogP contribution in [-0.2, 0) is 11.3 Å². The van der Waals surface area contributed by atoms with Gasteiger partial charge in [0.05, 0.1) is 0 Å². The summed E-state index contributed by atoms with van der Waals surface area (Å²) in [6.45, 7) is 8.87. The predicted octanol–water partition coefficient (Wildman–Crippen LogP) is 4.47. The van der Waals surface area contributed by atoms with Crippen LogP contribution < -0.4 is 0 Å². The smallest absolute Gasteiger partial charge is 0.410 e. The van der Waals surface area contributed by atoms with E-state index in [1.807, 2.05) is 35.2 Å². The van der Waals surface area contributed by atoms with Crippen molar-refractivity contribution in [2.45, 2.75) is 46.6 Å². The molecule has 0 unspecified atom stereocenters. The van der Waals surface area contributed by atoms with Crippen LogP contribution in [0.4, 0.5) is 4.79 Å². The SMILES string of the molecule is CC(C)(C)CC1CCN(C(=O)OCc2ccccc2)CC1. The molecule has 1 saturated heterocycles. The van der Waals surface area contributed by atoms with Crippen molar-refractivity contribution < 1.29 is 9.53 Å². The number of carbonyl (C=O) groups is 1. The van der Waals surface area contributed by atoms with E-state index in [4.69, 9.17) is 4.74 Å². The Kier molecular flexibility index (Phi) is 5.27. The van der Waals surface area contributed by atoms with Crippen molar-refractivity contribution in [1.82, 2.24) is 4.90 Å². The van der Waals surface area contributed by atoms with Crippen LogP contribution in [0.1, 0.15) is 45.6 Å². The minimum Gasteiger partial charge on any atom is -0.445 e. The third kappa shape index (κ3) is 5.41. The fourth-order valence-electron chi connectivity index (χ4n) is 3.00. The molecule has 0 radical (unpaired) electrons. The highest BCUT2D eigenvalue weighted by Crippen LogP contribution is 2.31. The van der Waals surface area contributed by atoms with E-state index in [1.54, 1.807) is 0 Å². The van der Waals surface area contributed by atoms with Crippen molar-refractivity contribution in [3.63, 3.8) is 0 Å². The lowest BCUT2D eigenvalue weighted by Crippen LogP contribution is -2.39. The summed E-state index contributed by atoms with van der Waals surface area (Å²) in [5.74, 6) is 0.739. The normalized spacial score (nSPS) is 16.8. The number of hydrogen-bond donors (Lipinski definition) is 0. The maximum absolute atomic E-state index is 12.1. The minimum absolute atomic E-state index is 0.173. The Bertz CT molecular complexity index is 442. The minimum atomic E-state index is -0.173. The fourth-order valence-corrected chi connectivity index (χ4v) is 3.00. The molecule has 0 bridgehead atoms. The Labute approximate surface area is 128 Å². The van der Waals surface area contributed by atoms with E-state index in [2.05, 4.69) is 20.8 Å². The van der Waals surface area contributed by atoms with Gasteiger partial charge in [0.1, 0.15) is 6.61 Å². The highest BCUT2D eigenvalue weighted by molar-refractivity contribution is 5.67. The first-order valence-electron chi connectivity index (χ1n) is 7.90. The molecule has 0 aromatic heterocycles. The number of amides is 1. The van der Waals surface area contributed by atoms with Crippen LogP contribution in [0.5, 0.6) is 0 Å². The molecule has 2 rings (SSSR count). The molecule has 3 nitrogen and oxygen atoms in total. The summed E-state index contributed by atoms with van der Waals surface area (Å²) in [6.07, 6.45) is 3.25. The Balaban J connectivity index is 1.73. The summed E-state index contributed by atoms with van der Waals surface area (Å²) < 4.78 is 5.39. The van der Waals surface area contributed by atoms with Crippen LogP contribution in [0.25, 0.3) is 0 Å². The lowest BCUT2D eigenvalue weighted by molar-refractivity contribution is 0.0779. The zero-order valence-electron chi connectivity index (χ0n) is 13.5. The molecule has 0 spiro atoms. The molecule has 1 aliphatic heterocycles. The summed E-state index contributed by atoms with van der Waals surface area (Å²) in [7, 11) is 0. The zero-order chi connectivity index (χ0) is 15.3. The first kappa shape index (κ1) is 15.9. The van der Waals surface area contributed by atoms with E-state index >= 15 is 0 Å². The molecule has 0 aliphatic carbocycles. The number of ether oxygens (including phenoxy) is 1. The second-order valence-corrected chi connectivity index (χ2v) is 7.24. The van der Waals surface area contributed by atoms with Crippen LogP contribution >= 0.6 is 0 Å². The van der Waals surface area contributed by atoms with Crippen LogP contribution in [0, 0.1) is 11.3 Å². The van der Waals surface area contributed by atoms with E-state index in [0.717, 1.165) is 37.4 Å². The van der Waals surface area contributed by atoms with Gasteiger partial charge < -0.3 is 9.64 Å². The van der Waals surface area contributed by atoms with Gasteiger partial charge in [0.2, 0.25) is 0 Å². The average molecular weight is 289 g/mol. The highest BCUT2D eigenvalue weighted by Gasteiger charge is 2.26. The van der Waals surface area contributed by atoms with Crippen molar-refractivity contribution in [3.05, 3.63) is 35.9 Å². The van der Waals surface area contributed by atoms with Gasteiger partial charge in [-0.2, -0.15) is 0 Å². The quantitative estimate of drug-likeness (QED) is 0.821. The van der Waals surface area contributed by atoms with Crippen LogP contribution in [0.15, 0.2) is 30.3 Å². The molecule has 1 aromatic rings. The van der Waals surface area contributed by atoms with Crippen LogP contribution in [0.3, 0.4) is 0 Å². The van der Waals surface area contributed by atoms with E-state index in [1.165, 1.54) is 6.42 Å².